The molecule has 0 aromatic rings. The zero-order valence-electron chi connectivity index (χ0n) is 17.3. The van der Waals surface area contributed by atoms with Gasteiger partial charge < -0.3 is 14.2 Å². The largest absolute Gasteiger partial charge is 0.469 e. The highest BCUT2D eigenvalue weighted by Crippen LogP contribution is 2.14. The van der Waals surface area contributed by atoms with Crippen LogP contribution in [0.2, 0.25) is 0 Å². The molecule has 0 aliphatic rings. The Hall–Kier alpha value is -1.85. The quantitative estimate of drug-likeness (QED) is 0.182. The number of ether oxygens (including phenoxy) is 3. The summed E-state index contributed by atoms with van der Waals surface area (Å²) in [7, 11) is 2.62. The number of carbonyl (C=O) groups excluding carboxylic acids is 3. The van der Waals surface area contributed by atoms with Crippen LogP contribution in [0.3, 0.4) is 0 Å². The van der Waals surface area contributed by atoms with Crippen molar-refractivity contribution in [3.63, 3.8) is 0 Å². The van der Waals surface area contributed by atoms with Crippen LogP contribution in [0.5, 0.6) is 0 Å². The third-order valence-electron chi connectivity index (χ3n) is 4.22. The zero-order valence-corrected chi connectivity index (χ0v) is 17.3. The van der Waals surface area contributed by atoms with Crippen LogP contribution in [0.1, 0.15) is 71.6 Å². The standard InChI is InChI=1S/C21H36O6/c1-17(2)14-15-27-19(22)13-11-9-7-5-6-8-10-12-18(21(24)26-4)16-20(23)25-3/h8,10,17-18H,5-7,9,11-16H2,1-4H3/b10-8+. The molecule has 0 spiro atoms. The van der Waals surface area contributed by atoms with Crippen molar-refractivity contribution in [2.45, 2.75) is 71.6 Å². The molecule has 0 aromatic carbocycles. The second kappa shape index (κ2) is 16.3. The van der Waals surface area contributed by atoms with Crippen LogP contribution < -0.4 is 0 Å². The van der Waals surface area contributed by atoms with Gasteiger partial charge in [-0.2, -0.15) is 0 Å². The lowest BCUT2D eigenvalue weighted by Gasteiger charge is -2.10. The highest BCUT2D eigenvalue weighted by Gasteiger charge is 2.21. The molecule has 0 amide bonds. The Morgan fingerprint density at radius 3 is 2.22 bits per heavy atom. The third-order valence-corrected chi connectivity index (χ3v) is 4.22. The molecule has 0 bridgehead atoms. The maximum Gasteiger partial charge on any atom is 0.309 e. The first kappa shape index (κ1) is 25.1. The van der Waals surface area contributed by atoms with Crippen LogP contribution in [-0.2, 0) is 28.6 Å². The van der Waals surface area contributed by atoms with Crippen LogP contribution in [0.4, 0.5) is 0 Å². The van der Waals surface area contributed by atoms with Crippen LogP contribution in [0.25, 0.3) is 0 Å². The molecule has 6 nitrogen and oxygen atoms in total. The van der Waals surface area contributed by atoms with Crippen LogP contribution in [0, 0.1) is 11.8 Å². The lowest BCUT2D eigenvalue weighted by atomic mass is 10.0. The van der Waals surface area contributed by atoms with Gasteiger partial charge in [-0.1, -0.05) is 38.8 Å². The lowest BCUT2D eigenvalue weighted by molar-refractivity contribution is -0.151. The number of hydrogen-bond donors (Lipinski definition) is 0. The Morgan fingerprint density at radius 2 is 1.59 bits per heavy atom. The molecule has 1 unspecified atom stereocenters. The number of methoxy groups -OCH3 is 2. The summed E-state index contributed by atoms with van der Waals surface area (Å²) >= 11 is 0. The summed E-state index contributed by atoms with van der Waals surface area (Å²) in [5, 5.41) is 0. The average molecular weight is 385 g/mol. The Kier molecular flexibility index (Phi) is 15.2. The van der Waals surface area contributed by atoms with Crippen molar-refractivity contribution < 1.29 is 28.6 Å². The number of hydrogen-bond acceptors (Lipinski definition) is 6. The Balaban J connectivity index is 3.77. The van der Waals surface area contributed by atoms with Gasteiger partial charge in [-0.3, -0.25) is 14.4 Å². The van der Waals surface area contributed by atoms with Crippen LogP contribution >= 0.6 is 0 Å². The minimum atomic E-state index is -0.500. The summed E-state index contributed by atoms with van der Waals surface area (Å²) in [6.45, 7) is 4.73. The van der Waals surface area contributed by atoms with Crippen molar-refractivity contribution in [3.8, 4) is 0 Å². The molecule has 0 fully saturated rings. The van der Waals surface area contributed by atoms with Gasteiger partial charge in [0.15, 0.2) is 0 Å². The first-order valence-corrected chi connectivity index (χ1v) is 9.85. The Morgan fingerprint density at radius 1 is 0.889 bits per heavy atom. The van der Waals surface area contributed by atoms with Gasteiger partial charge in [0.1, 0.15) is 0 Å². The van der Waals surface area contributed by atoms with E-state index in [0.29, 0.717) is 25.4 Å². The topological polar surface area (TPSA) is 78.9 Å². The molecule has 1 atom stereocenters. The molecule has 27 heavy (non-hydrogen) atoms. The summed E-state index contributed by atoms with van der Waals surface area (Å²) in [6.07, 6.45) is 10.7. The second-order valence-electron chi connectivity index (χ2n) is 7.06. The minimum Gasteiger partial charge on any atom is -0.469 e. The summed E-state index contributed by atoms with van der Waals surface area (Å²) in [4.78, 5) is 34.5. The predicted molar refractivity (Wildman–Crippen MR) is 104 cm³/mol. The normalized spacial score (nSPS) is 12.2. The first-order chi connectivity index (χ1) is 12.9. The van der Waals surface area contributed by atoms with Gasteiger partial charge in [0, 0.05) is 6.42 Å². The molecule has 0 rings (SSSR count). The summed E-state index contributed by atoms with van der Waals surface area (Å²) in [5.74, 6) is -0.864. The van der Waals surface area contributed by atoms with Gasteiger partial charge in [-0.25, -0.2) is 0 Å². The summed E-state index contributed by atoms with van der Waals surface area (Å²) in [5.41, 5.74) is 0. The Bertz CT molecular complexity index is 456. The van der Waals surface area contributed by atoms with Crippen molar-refractivity contribution in [3.05, 3.63) is 12.2 Å². The fourth-order valence-corrected chi connectivity index (χ4v) is 2.46. The van der Waals surface area contributed by atoms with Crippen molar-refractivity contribution in [1.29, 1.82) is 0 Å². The minimum absolute atomic E-state index is 0.0286. The van der Waals surface area contributed by atoms with Crippen molar-refractivity contribution in [2.75, 3.05) is 20.8 Å². The molecule has 0 aromatic heterocycles. The van der Waals surface area contributed by atoms with E-state index in [1.165, 1.54) is 14.2 Å². The maximum atomic E-state index is 11.7. The molecular weight excluding hydrogens is 348 g/mol. The Labute approximate surface area is 163 Å². The van der Waals surface area contributed by atoms with Gasteiger partial charge in [0.2, 0.25) is 0 Å². The number of allylic oxidation sites excluding steroid dienone is 2. The molecule has 0 aliphatic carbocycles. The molecule has 156 valence electrons. The highest BCUT2D eigenvalue weighted by molar-refractivity contribution is 5.79. The van der Waals surface area contributed by atoms with E-state index < -0.39 is 17.9 Å². The van der Waals surface area contributed by atoms with E-state index in [0.717, 1.165) is 38.5 Å². The molecule has 0 N–H and O–H groups in total. The zero-order chi connectivity index (χ0) is 20.5. The molecule has 0 aliphatic heterocycles. The number of esters is 3. The van der Waals surface area contributed by atoms with E-state index in [-0.39, 0.29) is 12.4 Å². The van der Waals surface area contributed by atoms with E-state index in [1.54, 1.807) is 0 Å². The monoisotopic (exact) mass is 384 g/mol. The highest BCUT2D eigenvalue weighted by atomic mass is 16.5. The molecule has 0 radical (unpaired) electrons. The maximum absolute atomic E-state index is 11.7. The summed E-state index contributed by atoms with van der Waals surface area (Å²) < 4.78 is 14.5. The van der Waals surface area contributed by atoms with E-state index in [1.807, 2.05) is 12.2 Å². The number of carbonyl (C=O) groups is 3. The second-order valence-corrected chi connectivity index (χ2v) is 7.06. The van der Waals surface area contributed by atoms with E-state index in [2.05, 4.69) is 18.6 Å². The van der Waals surface area contributed by atoms with Crippen molar-refractivity contribution in [2.24, 2.45) is 11.8 Å². The number of unbranched alkanes of at least 4 members (excludes halogenated alkanes) is 4. The van der Waals surface area contributed by atoms with Crippen molar-refractivity contribution >= 4 is 17.9 Å². The van der Waals surface area contributed by atoms with Gasteiger partial charge in [0.25, 0.3) is 0 Å². The van der Waals surface area contributed by atoms with Crippen LogP contribution in [0.15, 0.2) is 12.2 Å². The van der Waals surface area contributed by atoms with Gasteiger partial charge in [0.05, 0.1) is 33.2 Å². The fourth-order valence-electron chi connectivity index (χ4n) is 2.46. The molecule has 0 saturated carbocycles. The lowest BCUT2D eigenvalue weighted by Crippen LogP contribution is -2.20. The predicted octanol–water partition coefficient (Wildman–Crippen LogP) is 4.21. The van der Waals surface area contributed by atoms with Gasteiger partial charge >= 0.3 is 17.9 Å². The SMILES string of the molecule is COC(=O)CC(C/C=C/CCCCCCC(=O)OCCC(C)C)C(=O)OC. The number of rotatable bonds is 15. The molecule has 0 heterocycles. The van der Waals surface area contributed by atoms with Gasteiger partial charge in [-0.05, 0) is 38.0 Å². The third kappa shape index (κ3) is 15.0. The van der Waals surface area contributed by atoms with Gasteiger partial charge in [-0.15, -0.1) is 0 Å². The van der Waals surface area contributed by atoms with E-state index >= 15 is 0 Å². The van der Waals surface area contributed by atoms with Crippen molar-refractivity contribution in [1.82, 2.24) is 0 Å². The van der Waals surface area contributed by atoms with E-state index in [4.69, 9.17) is 9.47 Å². The molecule has 6 heteroatoms. The fraction of sp³-hybridized carbons (Fsp3) is 0.762. The molecular formula is C21H36O6. The van der Waals surface area contributed by atoms with E-state index in [9.17, 15) is 14.4 Å². The van der Waals surface area contributed by atoms with Crippen LogP contribution in [-0.4, -0.2) is 38.7 Å². The summed E-state index contributed by atoms with van der Waals surface area (Å²) in [6, 6.07) is 0. The smallest absolute Gasteiger partial charge is 0.309 e. The molecule has 0 saturated heterocycles. The average Bonchev–Trinajstić information content (AvgIpc) is 2.64. The first-order valence-electron chi connectivity index (χ1n) is 9.85.